The van der Waals surface area contributed by atoms with Crippen LogP contribution in [0, 0.1) is 11.6 Å². The van der Waals surface area contributed by atoms with E-state index in [4.69, 9.17) is 22.1 Å². The summed E-state index contributed by atoms with van der Waals surface area (Å²) in [7, 11) is 0. The summed E-state index contributed by atoms with van der Waals surface area (Å²) in [5.74, 6) is -3.72. The third-order valence-corrected chi connectivity index (χ3v) is 5.67. The van der Waals surface area contributed by atoms with Crippen LogP contribution in [0.3, 0.4) is 0 Å². The molecule has 0 aliphatic rings. The molecular weight excluding hydrogens is 536 g/mol. The van der Waals surface area contributed by atoms with Gasteiger partial charge in [0.05, 0.1) is 5.69 Å². The highest BCUT2D eigenvalue weighted by Gasteiger charge is 2.20. The summed E-state index contributed by atoms with van der Waals surface area (Å²) < 4.78 is 35.4. The summed E-state index contributed by atoms with van der Waals surface area (Å²) in [6.07, 6.45) is 3.65. The first kappa shape index (κ1) is 26.9. The van der Waals surface area contributed by atoms with Gasteiger partial charge in [-0.05, 0) is 36.4 Å². The zero-order chi connectivity index (χ0) is 28.3. The number of halogens is 3. The fourth-order valence-electron chi connectivity index (χ4n) is 3.50. The summed E-state index contributed by atoms with van der Waals surface area (Å²) in [5.41, 5.74) is 2.75. The van der Waals surface area contributed by atoms with Crippen LogP contribution in [0.2, 0.25) is 5.02 Å². The Balaban J connectivity index is 1.65. The Bertz CT molecular complexity index is 1730. The molecular formula is C26H18ClF2N5O5. The van der Waals surface area contributed by atoms with Crippen molar-refractivity contribution in [2.24, 2.45) is 5.73 Å². The number of nitrogens with two attached hydrogens (primary N) is 1. The van der Waals surface area contributed by atoms with Crippen LogP contribution in [0.1, 0.15) is 20.8 Å². The van der Waals surface area contributed by atoms with Crippen LogP contribution < -0.4 is 27.0 Å². The molecule has 2 heterocycles. The Morgan fingerprint density at radius 3 is 2.46 bits per heavy atom. The molecule has 0 aliphatic heterocycles. The first-order chi connectivity index (χ1) is 18.6. The minimum absolute atomic E-state index is 0.0315. The second kappa shape index (κ2) is 11.1. The van der Waals surface area contributed by atoms with Gasteiger partial charge in [0, 0.05) is 36.8 Å². The molecule has 0 atom stereocenters. The molecule has 3 N–H and O–H groups in total. The molecule has 4 rings (SSSR count). The SMILES string of the molecule is C=CCn1cc(C(=O)Nc2ccc(Oc3ccnc(C(N)=O)c3Cl)c(F)c2)c(=O)n(-c2ccc(F)cc2)c1=O. The number of carbonyl (C=O) groups is 2. The van der Waals surface area contributed by atoms with Crippen molar-refractivity contribution < 1.29 is 23.1 Å². The molecule has 0 saturated carbocycles. The van der Waals surface area contributed by atoms with Gasteiger partial charge in [0.2, 0.25) is 0 Å². The second-order valence-electron chi connectivity index (χ2n) is 7.92. The van der Waals surface area contributed by atoms with Crippen LogP contribution in [0.4, 0.5) is 14.5 Å². The summed E-state index contributed by atoms with van der Waals surface area (Å²) in [5, 5.41) is 2.18. The van der Waals surface area contributed by atoms with Gasteiger partial charge in [0.15, 0.2) is 11.6 Å². The fourth-order valence-corrected chi connectivity index (χ4v) is 3.74. The number of benzene rings is 2. The van der Waals surface area contributed by atoms with Crippen LogP contribution in [-0.2, 0) is 6.54 Å². The maximum atomic E-state index is 14.8. The number of rotatable bonds is 8. The van der Waals surface area contributed by atoms with E-state index in [2.05, 4.69) is 16.9 Å². The second-order valence-corrected chi connectivity index (χ2v) is 8.30. The summed E-state index contributed by atoms with van der Waals surface area (Å²) in [6, 6.07) is 9.25. The highest BCUT2D eigenvalue weighted by Crippen LogP contribution is 2.33. The smallest absolute Gasteiger partial charge is 0.335 e. The Kier molecular flexibility index (Phi) is 7.68. The van der Waals surface area contributed by atoms with Crippen LogP contribution in [0.25, 0.3) is 5.69 Å². The zero-order valence-corrected chi connectivity index (χ0v) is 20.6. The number of ether oxygens (including phenoxy) is 1. The Morgan fingerprint density at radius 1 is 1.10 bits per heavy atom. The molecule has 0 aliphatic carbocycles. The van der Waals surface area contributed by atoms with Gasteiger partial charge in [-0.3, -0.25) is 19.0 Å². The first-order valence-electron chi connectivity index (χ1n) is 11.1. The van der Waals surface area contributed by atoms with E-state index in [1.54, 1.807) is 0 Å². The summed E-state index contributed by atoms with van der Waals surface area (Å²) in [4.78, 5) is 54.2. The van der Waals surface area contributed by atoms with Crippen LogP contribution in [-0.4, -0.2) is 25.9 Å². The summed E-state index contributed by atoms with van der Waals surface area (Å²) in [6.45, 7) is 3.53. The maximum Gasteiger partial charge on any atom is 0.335 e. The van der Waals surface area contributed by atoms with E-state index in [0.717, 1.165) is 29.0 Å². The zero-order valence-electron chi connectivity index (χ0n) is 19.9. The number of anilines is 1. The average molecular weight is 554 g/mol. The number of allylic oxidation sites excluding steroid dienone is 1. The topological polar surface area (TPSA) is 138 Å². The number of nitrogens with zero attached hydrogens (tertiary/aromatic N) is 3. The molecule has 0 fully saturated rings. The van der Waals surface area contributed by atoms with Gasteiger partial charge < -0.3 is 15.8 Å². The van der Waals surface area contributed by atoms with E-state index >= 15 is 0 Å². The molecule has 10 nitrogen and oxygen atoms in total. The average Bonchev–Trinajstić information content (AvgIpc) is 2.89. The molecule has 198 valence electrons. The lowest BCUT2D eigenvalue weighted by molar-refractivity contribution is 0.0993. The lowest BCUT2D eigenvalue weighted by Crippen LogP contribution is -2.42. The Morgan fingerprint density at radius 2 is 1.82 bits per heavy atom. The molecule has 4 aromatic rings. The van der Waals surface area contributed by atoms with Crippen molar-refractivity contribution in [2.45, 2.75) is 6.54 Å². The van der Waals surface area contributed by atoms with Gasteiger partial charge in [-0.15, -0.1) is 6.58 Å². The number of pyridine rings is 1. The van der Waals surface area contributed by atoms with Crippen LogP contribution in [0.15, 0.2) is 83.2 Å². The van der Waals surface area contributed by atoms with Gasteiger partial charge >= 0.3 is 5.69 Å². The molecule has 0 saturated heterocycles. The maximum absolute atomic E-state index is 14.8. The first-order valence-corrected chi connectivity index (χ1v) is 11.4. The molecule has 2 aromatic carbocycles. The molecule has 0 unspecified atom stereocenters. The number of hydrogen-bond acceptors (Lipinski definition) is 6. The van der Waals surface area contributed by atoms with E-state index in [0.29, 0.717) is 4.57 Å². The predicted octanol–water partition coefficient (Wildman–Crippen LogP) is 3.66. The Hall–Kier alpha value is -5.10. The number of hydrogen-bond donors (Lipinski definition) is 2. The molecule has 13 heteroatoms. The largest absolute Gasteiger partial charge is 0.453 e. The van der Waals surface area contributed by atoms with Gasteiger partial charge in [-0.2, -0.15) is 0 Å². The van der Waals surface area contributed by atoms with Gasteiger partial charge in [-0.1, -0.05) is 17.7 Å². The molecule has 2 amide bonds. The normalized spacial score (nSPS) is 10.6. The number of aromatic nitrogens is 3. The molecule has 2 aromatic heterocycles. The Labute approximate surface area is 223 Å². The van der Waals surface area contributed by atoms with E-state index in [1.807, 2.05) is 0 Å². The van der Waals surface area contributed by atoms with Gasteiger partial charge in [0.25, 0.3) is 17.4 Å². The van der Waals surface area contributed by atoms with Crippen molar-refractivity contribution in [3.05, 3.63) is 122 Å². The van der Waals surface area contributed by atoms with Crippen molar-refractivity contribution in [1.29, 1.82) is 0 Å². The highest BCUT2D eigenvalue weighted by molar-refractivity contribution is 6.34. The van der Waals surface area contributed by atoms with E-state index in [1.165, 1.54) is 42.6 Å². The van der Waals surface area contributed by atoms with Crippen molar-refractivity contribution in [2.75, 3.05) is 5.32 Å². The monoisotopic (exact) mass is 553 g/mol. The van der Waals surface area contributed by atoms with Crippen molar-refractivity contribution in [3.63, 3.8) is 0 Å². The number of carbonyl (C=O) groups excluding carboxylic acids is 2. The molecule has 0 bridgehead atoms. The summed E-state index contributed by atoms with van der Waals surface area (Å²) >= 11 is 6.05. The van der Waals surface area contributed by atoms with E-state index < -0.39 is 40.3 Å². The quantitative estimate of drug-likeness (QED) is 0.319. The van der Waals surface area contributed by atoms with Crippen LogP contribution >= 0.6 is 11.6 Å². The van der Waals surface area contributed by atoms with Gasteiger partial charge in [0.1, 0.15) is 27.8 Å². The predicted molar refractivity (Wildman–Crippen MR) is 139 cm³/mol. The molecule has 0 radical (unpaired) electrons. The van der Waals surface area contributed by atoms with E-state index in [-0.39, 0.29) is 40.1 Å². The fraction of sp³-hybridized carbons (Fsp3) is 0.0385. The minimum atomic E-state index is -0.970. The lowest BCUT2D eigenvalue weighted by atomic mass is 10.2. The van der Waals surface area contributed by atoms with Crippen molar-refractivity contribution in [1.82, 2.24) is 14.1 Å². The van der Waals surface area contributed by atoms with Gasteiger partial charge in [-0.25, -0.2) is 23.1 Å². The lowest BCUT2D eigenvalue weighted by Gasteiger charge is -2.13. The number of amides is 2. The molecule has 39 heavy (non-hydrogen) atoms. The third-order valence-electron chi connectivity index (χ3n) is 5.31. The van der Waals surface area contributed by atoms with E-state index in [9.17, 15) is 28.0 Å². The minimum Gasteiger partial charge on any atom is -0.453 e. The highest BCUT2D eigenvalue weighted by atomic mass is 35.5. The number of primary amides is 1. The standard InChI is InChI=1S/C26H18ClF2N5O5/c1-2-11-33-13-17(25(37)34(26(33)38)16-6-3-14(28)4-7-16)24(36)32-15-5-8-19(18(29)12-15)39-20-9-10-31-22(21(20)27)23(30)35/h2-10,12-13H,1,11H2,(H2,30,35)(H,32,36). The van der Waals surface area contributed by atoms with Crippen LogP contribution in [0.5, 0.6) is 11.5 Å². The van der Waals surface area contributed by atoms with Crippen molar-refractivity contribution >= 4 is 29.1 Å². The van der Waals surface area contributed by atoms with Crippen molar-refractivity contribution in [3.8, 4) is 17.2 Å². The number of nitrogens with one attached hydrogen (secondary N) is 1. The molecule has 0 spiro atoms. The third kappa shape index (κ3) is 5.60.